The zero-order valence-electron chi connectivity index (χ0n) is 12.4. The molecule has 1 N–H and O–H groups in total. The minimum absolute atomic E-state index is 0.0388. The third-order valence-electron chi connectivity index (χ3n) is 3.38. The maximum atomic E-state index is 12.5. The Morgan fingerprint density at radius 3 is 2.42 bits per heavy atom. The molecule has 0 aliphatic carbocycles. The molecule has 126 valence electrons. The second-order valence-electron chi connectivity index (χ2n) is 5.01. The lowest BCUT2D eigenvalue weighted by Crippen LogP contribution is -2.13. The molecule has 6 nitrogen and oxygen atoms in total. The van der Waals surface area contributed by atoms with E-state index in [0.717, 1.165) is 0 Å². The van der Waals surface area contributed by atoms with Gasteiger partial charge in [-0.3, -0.25) is 9.29 Å². The highest BCUT2D eigenvalue weighted by molar-refractivity contribution is 7.92. The summed E-state index contributed by atoms with van der Waals surface area (Å²) in [4.78, 5) is 11.7. The van der Waals surface area contributed by atoms with Gasteiger partial charge in [0.15, 0.2) is 5.58 Å². The van der Waals surface area contributed by atoms with Crippen LogP contribution in [0.15, 0.2) is 50.5 Å². The van der Waals surface area contributed by atoms with Crippen LogP contribution < -0.4 is 10.5 Å². The van der Waals surface area contributed by atoms with Gasteiger partial charge in [0.2, 0.25) is 0 Å². The lowest BCUT2D eigenvalue weighted by molar-refractivity contribution is 0.512. The van der Waals surface area contributed by atoms with Crippen molar-refractivity contribution < 1.29 is 12.8 Å². The Kier molecular flexibility index (Phi) is 4.33. The van der Waals surface area contributed by atoms with Gasteiger partial charge in [-0.15, -0.1) is 0 Å². The molecule has 3 rings (SSSR count). The number of hydrogen-bond donors (Lipinski definition) is 1. The Morgan fingerprint density at radius 2 is 1.79 bits per heavy atom. The van der Waals surface area contributed by atoms with Crippen molar-refractivity contribution in [1.82, 2.24) is 4.57 Å². The smallest absolute Gasteiger partial charge is 0.408 e. The van der Waals surface area contributed by atoms with Crippen LogP contribution in [-0.4, -0.2) is 13.0 Å². The topological polar surface area (TPSA) is 81.3 Å². The number of halogens is 2. The maximum Gasteiger partial charge on any atom is 0.419 e. The van der Waals surface area contributed by atoms with E-state index in [9.17, 15) is 13.2 Å². The molecule has 0 aliphatic heterocycles. The zero-order chi connectivity index (χ0) is 17.5. The van der Waals surface area contributed by atoms with Gasteiger partial charge in [0.1, 0.15) is 0 Å². The number of rotatable bonds is 4. The van der Waals surface area contributed by atoms with Gasteiger partial charge < -0.3 is 4.42 Å². The van der Waals surface area contributed by atoms with Gasteiger partial charge in [-0.05, 0) is 37.3 Å². The molecule has 3 aromatic rings. The van der Waals surface area contributed by atoms with Crippen LogP contribution in [0.1, 0.15) is 6.92 Å². The van der Waals surface area contributed by atoms with E-state index in [1.807, 2.05) is 0 Å². The maximum absolute atomic E-state index is 12.5. The Hall–Kier alpha value is -1.96. The van der Waals surface area contributed by atoms with E-state index in [-0.39, 0.29) is 16.2 Å². The summed E-state index contributed by atoms with van der Waals surface area (Å²) in [5.74, 6) is -0.531. The molecular weight excluding hydrogens is 375 g/mol. The van der Waals surface area contributed by atoms with Crippen molar-refractivity contribution in [3.8, 4) is 0 Å². The highest BCUT2D eigenvalue weighted by Crippen LogP contribution is 2.25. The lowest BCUT2D eigenvalue weighted by atomic mass is 10.3. The number of fused-ring (bicyclic) bond motifs is 1. The van der Waals surface area contributed by atoms with Crippen LogP contribution in [-0.2, 0) is 16.6 Å². The number of hydrogen-bond acceptors (Lipinski definition) is 4. The SMILES string of the molecule is CCn1c(=O)oc2cc(S(=O)(=O)Nc3cc(Cl)cc(Cl)c3)ccc21. The van der Waals surface area contributed by atoms with Gasteiger partial charge in [0.25, 0.3) is 10.0 Å². The van der Waals surface area contributed by atoms with Crippen LogP contribution in [0.5, 0.6) is 0 Å². The highest BCUT2D eigenvalue weighted by atomic mass is 35.5. The van der Waals surface area contributed by atoms with Gasteiger partial charge in [-0.25, -0.2) is 13.2 Å². The molecule has 9 heteroatoms. The number of benzene rings is 2. The van der Waals surface area contributed by atoms with Gasteiger partial charge in [0.05, 0.1) is 16.1 Å². The second kappa shape index (κ2) is 6.16. The van der Waals surface area contributed by atoms with Gasteiger partial charge >= 0.3 is 5.76 Å². The van der Waals surface area contributed by atoms with Gasteiger partial charge in [-0.1, -0.05) is 23.2 Å². The average molecular weight is 387 g/mol. The largest absolute Gasteiger partial charge is 0.419 e. The summed E-state index contributed by atoms with van der Waals surface area (Å²) in [5, 5.41) is 0.614. The number of oxazole rings is 1. The van der Waals surface area contributed by atoms with Crippen molar-refractivity contribution in [2.24, 2.45) is 0 Å². The van der Waals surface area contributed by atoms with E-state index < -0.39 is 15.8 Å². The van der Waals surface area contributed by atoms with E-state index in [1.54, 1.807) is 6.92 Å². The van der Waals surface area contributed by atoms with E-state index in [1.165, 1.54) is 41.0 Å². The first-order valence-corrected chi connectivity index (χ1v) is 9.16. The van der Waals surface area contributed by atoms with Crippen molar-refractivity contribution in [2.45, 2.75) is 18.4 Å². The van der Waals surface area contributed by atoms with Crippen LogP contribution in [0.3, 0.4) is 0 Å². The first kappa shape index (κ1) is 16.9. The normalized spacial score (nSPS) is 11.8. The fourth-order valence-electron chi connectivity index (χ4n) is 2.34. The zero-order valence-corrected chi connectivity index (χ0v) is 14.7. The second-order valence-corrected chi connectivity index (χ2v) is 7.56. The van der Waals surface area contributed by atoms with Crippen LogP contribution in [0.4, 0.5) is 5.69 Å². The summed E-state index contributed by atoms with van der Waals surface area (Å²) >= 11 is 11.7. The molecule has 24 heavy (non-hydrogen) atoms. The molecule has 0 fully saturated rings. The van der Waals surface area contributed by atoms with E-state index in [2.05, 4.69) is 4.72 Å². The molecule has 0 unspecified atom stereocenters. The summed E-state index contributed by atoms with van der Waals surface area (Å²) in [6, 6.07) is 8.61. The number of anilines is 1. The number of aromatic nitrogens is 1. The van der Waals surface area contributed by atoms with Crippen LogP contribution in [0.25, 0.3) is 11.1 Å². The number of nitrogens with one attached hydrogen (secondary N) is 1. The summed E-state index contributed by atoms with van der Waals surface area (Å²) in [6.45, 7) is 2.22. The van der Waals surface area contributed by atoms with Gasteiger partial charge in [-0.2, -0.15) is 0 Å². The first-order valence-electron chi connectivity index (χ1n) is 6.92. The summed E-state index contributed by atoms with van der Waals surface area (Å²) < 4.78 is 33.9. The number of nitrogens with zero attached hydrogens (tertiary/aromatic N) is 1. The lowest BCUT2D eigenvalue weighted by Gasteiger charge is -2.09. The third-order valence-corrected chi connectivity index (χ3v) is 5.20. The van der Waals surface area contributed by atoms with Crippen molar-refractivity contribution >= 4 is 50.0 Å². The molecule has 0 atom stereocenters. The molecule has 2 aromatic carbocycles. The summed E-state index contributed by atoms with van der Waals surface area (Å²) in [6.07, 6.45) is 0. The molecule has 1 heterocycles. The van der Waals surface area contributed by atoms with Crippen molar-refractivity contribution in [2.75, 3.05) is 4.72 Å². The molecule has 1 aromatic heterocycles. The monoisotopic (exact) mass is 386 g/mol. The minimum Gasteiger partial charge on any atom is -0.408 e. The highest BCUT2D eigenvalue weighted by Gasteiger charge is 2.18. The van der Waals surface area contributed by atoms with Crippen molar-refractivity contribution in [3.63, 3.8) is 0 Å². The van der Waals surface area contributed by atoms with Crippen LogP contribution in [0.2, 0.25) is 10.0 Å². The van der Waals surface area contributed by atoms with Crippen LogP contribution >= 0.6 is 23.2 Å². The summed E-state index contributed by atoms with van der Waals surface area (Å²) in [5.41, 5.74) is 0.973. The van der Waals surface area contributed by atoms with E-state index in [4.69, 9.17) is 27.6 Å². The molecule has 0 aliphatic rings. The predicted octanol–water partition coefficient (Wildman–Crippen LogP) is 3.72. The minimum atomic E-state index is -3.89. The Labute approximate surface area is 147 Å². The predicted molar refractivity (Wildman–Crippen MR) is 93.4 cm³/mol. The molecule has 0 bridgehead atoms. The molecule has 0 radical (unpaired) electrons. The molecule has 0 saturated heterocycles. The Morgan fingerprint density at radius 1 is 1.12 bits per heavy atom. The van der Waals surface area contributed by atoms with E-state index >= 15 is 0 Å². The Balaban J connectivity index is 2.03. The van der Waals surface area contributed by atoms with Gasteiger partial charge in [0, 0.05) is 22.7 Å². The quantitative estimate of drug-likeness (QED) is 0.740. The first-order chi connectivity index (χ1) is 11.3. The third kappa shape index (κ3) is 3.15. The Bertz CT molecular complexity index is 1070. The molecule has 0 saturated carbocycles. The van der Waals surface area contributed by atoms with Crippen LogP contribution in [0, 0.1) is 0 Å². The number of sulfonamides is 1. The fraction of sp³-hybridized carbons (Fsp3) is 0.133. The molecular formula is C15H12Cl2N2O4S. The van der Waals surface area contributed by atoms with E-state index in [0.29, 0.717) is 22.1 Å². The standard InChI is InChI=1S/C15H12Cl2N2O4S/c1-2-19-13-4-3-12(8-14(13)23-15(19)20)24(21,22)18-11-6-9(16)5-10(17)7-11/h3-8,18H,2H2,1H3. The fourth-order valence-corrected chi connectivity index (χ4v) is 3.92. The molecule has 0 spiro atoms. The van der Waals surface area contributed by atoms with Crippen molar-refractivity contribution in [3.05, 3.63) is 57.0 Å². The molecule has 0 amide bonds. The average Bonchev–Trinajstić information content (AvgIpc) is 2.79. The summed E-state index contributed by atoms with van der Waals surface area (Å²) in [7, 11) is -3.89. The van der Waals surface area contributed by atoms with Crippen molar-refractivity contribution in [1.29, 1.82) is 0 Å². The number of aryl methyl sites for hydroxylation is 1.